The summed E-state index contributed by atoms with van der Waals surface area (Å²) in [6.45, 7) is 4.72. The van der Waals surface area contributed by atoms with Gasteiger partial charge in [0.05, 0.1) is 6.04 Å². The number of benzene rings is 9. The second-order valence-electron chi connectivity index (χ2n) is 17.7. The molecule has 2 unspecified atom stereocenters. The molecule has 0 aromatic heterocycles. The van der Waals surface area contributed by atoms with Crippen molar-refractivity contribution in [3.63, 3.8) is 0 Å². The number of anilines is 5. The Kier molecular flexibility index (Phi) is 8.69. The van der Waals surface area contributed by atoms with E-state index in [9.17, 15) is 0 Å². The van der Waals surface area contributed by atoms with Crippen molar-refractivity contribution in [2.75, 3.05) is 9.80 Å². The zero-order valence-electron chi connectivity index (χ0n) is 35.5. The van der Waals surface area contributed by atoms with Gasteiger partial charge in [0.1, 0.15) is 0 Å². The minimum absolute atomic E-state index is 0.101. The van der Waals surface area contributed by atoms with Gasteiger partial charge in [-0.05, 0) is 133 Å². The Morgan fingerprint density at radius 2 is 1.05 bits per heavy atom. The first-order valence-corrected chi connectivity index (χ1v) is 22.2. The lowest BCUT2D eigenvalue weighted by atomic mass is 9.82. The van der Waals surface area contributed by atoms with Crippen LogP contribution in [0.2, 0.25) is 0 Å². The van der Waals surface area contributed by atoms with Crippen molar-refractivity contribution >= 4 is 44.8 Å². The molecule has 1 aliphatic heterocycles. The molecule has 0 saturated carbocycles. The predicted molar refractivity (Wildman–Crippen MR) is 266 cm³/mol. The molecule has 0 bridgehead atoms. The molecule has 0 spiro atoms. The van der Waals surface area contributed by atoms with E-state index >= 15 is 0 Å². The third-order valence-electron chi connectivity index (χ3n) is 13.8. The van der Waals surface area contributed by atoms with Gasteiger partial charge in [-0.25, -0.2) is 0 Å². The number of fused-ring (bicyclic) bond motifs is 7. The van der Waals surface area contributed by atoms with Crippen LogP contribution < -0.4 is 9.80 Å². The molecule has 1 heterocycles. The summed E-state index contributed by atoms with van der Waals surface area (Å²) in [5.74, 6) is 0.197. The average molecular weight is 807 g/mol. The molecule has 300 valence electrons. The number of allylic oxidation sites excluding steroid dienone is 2. The van der Waals surface area contributed by atoms with E-state index in [-0.39, 0.29) is 17.4 Å². The Balaban J connectivity index is 0.937. The molecule has 2 heteroatoms. The summed E-state index contributed by atoms with van der Waals surface area (Å²) in [4.78, 5) is 4.94. The minimum atomic E-state index is -0.101. The van der Waals surface area contributed by atoms with Crippen molar-refractivity contribution in [1.82, 2.24) is 0 Å². The highest BCUT2D eigenvalue weighted by Gasteiger charge is 2.39. The number of hydrogen-bond donors (Lipinski definition) is 0. The molecule has 0 amide bonds. The standard InChI is InChI=1S/C61H46N2/c1-61(2)57-23-12-11-21-53(57)54-35-34-50(40-58(54)61)62(48-30-24-42(25-31-48)41-14-5-3-6-15-41)49-32-26-43(27-33-49)45-28-36-59-55(38-45)56-39-46(52-22-13-17-44-16-9-10-20-51(44)52)29-37-60(56)63(59)47-18-7-4-8-19-47/h3-40,56,60H,1-2H3. The summed E-state index contributed by atoms with van der Waals surface area (Å²) in [5, 5.41) is 2.56. The van der Waals surface area contributed by atoms with E-state index in [1.165, 1.54) is 83.4 Å². The largest absolute Gasteiger partial charge is 0.333 e. The highest BCUT2D eigenvalue weighted by atomic mass is 15.2. The highest BCUT2D eigenvalue weighted by Crippen LogP contribution is 2.52. The molecule has 0 radical (unpaired) electrons. The Bertz CT molecular complexity index is 3240. The van der Waals surface area contributed by atoms with Gasteiger partial charge in [0.25, 0.3) is 0 Å². The van der Waals surface area contributed by atoms with Crippen LogP contribution in [0.5, 0.6) is 0 Å². The lowest BCUT2D eigenvalue weighted by Crippen LogP contribution is -2.28. The fraction of sp³-hybridized carbons (Fsp3) is 0.0820. The summed E-state index contributed by atoms with van der Waals surface area (Å²) in [5.41, 5.74) is 19.9. The van der Waals surface area contributed by atoms with Crippen LogP contribution in [0, 0.1) is 0 Å². The van der Waals surface area contributed by atoms with Gasteiger partial charge in [-0.3, -0.25) is 0 Å². The summed E-state index contributed by atoms with van der Waals surface area (Å²) in [7, 11) is 0. The number of hydrogen-bond acceptors (Lipinski definition) is 2. The van der Waals surface area contributed by atoms with Gasteiger partial charge in [-0.2, -0.15) is 0 Å². The van der Waals surface area contributed by atoms with Gasteiger partial charge in [-0.15, -0.1) is 0 Å². The van der Waals surface area contributed by atoms with Gasteiger partial charge in [-0.1, -0.05) is 184 Å². The van der Waals surface area contributed by atoms with E-state index in [0.29, 0.717) is 0 Å². The molecule has 9 aromatic rings. The fourth-order valence-electron chi connectivity index (χ4n) is 10.6. The number of rotatable bonds is 7. The van der Waals surface area contributed by atoms with Crippen molar-refractivity contribution in [2.24, 2.45) is 0 Å². The van der Waals surface area contributed by atoms with E-state index in [1.807, 2.05) is 0 Å². The summed E-state index contributed by atoms with van der Waals surface area (Å²) >= 11 is 0. The van der Waals surface area contributed by atoms with Crippen LogP contribution in [0.4, 0.5) is 28.4 Å². The van der Waals surface area contributed by atoms with Crippen molar-refractivity contribution in [2.45, 2.75) is 31.2 Å². The topological polar surface area (TPSA) is 6.48 Å². The van der Waals surface area contributed by atoms with Crippen LogP contribution in [-0.4, -0.2) is 6.04 Å². The summed E-state index contributed by atoms with van der Waals surface area (Å²) < 4.78 is 0. The lowest BCUT2D eigenvalue weighted by molar-refractivity contribution is 0.660. The average Bonchev–Trinajstić information content (AvgIpc) is 3.79. The fourth-order valence-corrected chi connectivity index (χ4v) is 10.6. The maximum absolute atomic E-state index is 2.52. The lowest BCUT2D eigenvalue weighted by Gasteiger charge is -2.30. The third kappa shape index (κ3) is 6.16. The highest BCUT2D eigenvalue weighted by molar-refractivity contribution is 5.97. The molecule has 12 rings (SSSR count). The Labute approximate surface area is 370 Å². The monoisotopic (exact) mass is 806 g/mol. The van der Waals surface area contributed by atoms with Crippen molar-refractivity contribution in [3.05, 3.63) is 253 Å². The van der Waals surface area contributed by atoms with E-state index in [2.05, 4.69) is 254 Å². The first kappa shape index (κ1) is 37.1. The predicted octanol–water partition coefficient (Wildman–Crippen LogP) is 16.2. The van der Waals surface area contributed by atoms with Gasteiger partial charge >= 0.3 is 0 Å². The maximum atomic E-state index is 2.52. The van der Waals surface area contributed by atoms with Crippen LogP contribution >= 0.6 is 0 Å². The van der Waals surface area contributed by atoms with Crippen molar-refractivity contribution in [1.29, 1.82) is 0 Å². The Morgan fingerprint density at radius 3 is 1.83 bits per heavy atom. The summed E-state index contributed by atoms with van der Waals surface area (Å²) in [6, 6.07) is 78.3. The molecular weight excluding hydrogens is 761 g/mol. The molecule has 9 aromatic carbocycles. The van der Waals surface area contributed by atoms with Crippen LogP contribution in [0.25, 0.3) is 49.7 Å². The van der Waals surface area contributed by atoms with E-state index < -0.39 is 0 Å². The number of nitrogens with zero attached hydrogens (tertiary/aromatic N) is 2. The van der Waals surface area contributed by atoms with Crippen LogP contribution in [0.15, 0.2) is 231 Å². The quantitative estimate of drug-likeness (QED) is 0.158. The first-order valence-electron chi connectivity index (χ1n) is 22.2. The zero-order valence-corrected chi connectivity index (χ0v) is 35.5. The molecular formula is C61H46N2. The zero-order chi connectivity index (χ0) is 42.1. The second-order valence-corrected chi connectivity index (χ2v) is 17.7. The Hall–Kier alpha value is -7.68. The van der Waals surface area contributed by atoms with Crippen molar-refractivity contribution < 1.29 is 0 Å². The minimum Gasteiger partial charge on any atom is -0.333 e. The molecule has 63 heavy (non-hydrogen) atoms. The van der Waals surface area contributed by atoms with E-state index in [0.717, 1.165) is 17.1 Å². The first-order chi connectivity index (χ1) is 31.0. The number of para-hydroxylation sites is 1. The second kappa shape index (κ2) is 14.8. The van der Waals surface area contributed by atoms with Crippen LogP contribution in [-0.2, 0) is 5.41 Å². The molecule has 2 nitrogen and oxygen atoms in total. The Morgan fingerprint density at radius 1 is 0.460 bits per heavy atom. The molecule has 2 atom stereocenters. The van der Waals surface area contributed by atoms with Crippen LogP contribution in [0.1, 0.15) is 42.0 Å². The molecule has 0 N–H and O–H groups in total. The van der Waals surface area contributed by atoms with Gasteiger partial charge in [0.2, 0.25) is 0 Å². The van der Waals surface area contributed by atoms with Gasteiger partial charge in [0, 0.05) is 39.8 Å². The third-order valence-corrected chi connectivity index (χ3v) is 13.8. The van der Waals surface area contributed by atoms with Crippen molar-refractivity contribution in [3.8, 4) is 33.4 Å². The molecule has 0 fully saturated rings. The normalized spacial score (nSPS) is 16.5. The summed E-state index contributed by atoms with van der Waals surface area (Å²) in [6.07, 6.45) is 7.27. The molecule has 2 aliphatic carbocycles. The molecule has 0 saturated heterocycles. The maximum Gasteiger partial charge on any atom is 0.0630 e. The van der Waals surface area contributed by atoms with Gasteiger partial charge in [0.15, 0.2) is 0 Å². The SMILES string of the molecule is CC1(C)c2ccccc2-c2ccc(N(c3ccc(-c4ccccc4)cc3)c3ccc(-c4ccc5c(c4)C4C=C(c6cccc7ccccc67)C=CC4N5c4ccccc4)cc3)cc21. The van der Waals surface area contributed by atoms with Gasteiger partial charge < -0.3 is 9.80 Å². The van der Waals surface area contributed by atoms with E-state index in [1.54, 1.807) is 0 Å². The molecule has 3 aliphatic rings. The smallest absolute Gasteiger partial charge is 0.0630 e. The van der Waals surface area contributed by atoms with E-state index in [4.69, 9.17) is 0 Å². The van der Waals surface area contributed by atoms with Crippen LogP contribution in [0.3, 0.4) is 0 Å².